The van der Waals surface area contributed by atoms with Gasteiger partial charge < -0.3 is 10.6 Å². The van der Waals surface area contributed by atoms with Crippen LogP contribution in [0.1, 0.15) is 49.7 Å². The summed E-state index contributed by atoms with van der Waals surface area (Å²) in [5, 5.41) is 1.52. The number of anilines is 1. The third kappa shape index (κ3) is 3.83. The lowest BCUT2D eigenvalue weighted by Crippen LogP contribution is -2.59. The molecule has 4 fully saturated rings. The Labute approximate surface area is 219 Å². The molecule has 4 saturated carbocycles. The Morgan fingerprint density at radius 2 is 1.55 bits per heavy atom. The summed E-state index contributed by atoms with van der Waals surface area (Å²) >= 11 is 31.5. The first kappa shape index (κ1) is 23.9. The molecule has 4 aliphatic carbocycles. The van der Waals surface area contributed by atoms with Crippen LogP contribution in [0.3, 0.4) is 0 Å². The normalized spacial score (nSPS) is 30.0. The van der Waals surface area contributed by atoms with Crippen LogP contribution in [0.25, 0.3) is 0 Å². The lowest BCUT2D eigenvalue weighted by Gasteiger charge is -2.62. The van der Waals surface area contributed by atoms with Crippen LogP contribution in [0.5, 0.6) is 0 Å². The first-order valence-corrected chi connectivity index (χ1v) is 13.1. The van der Waals surface area contributed by atoms with Crippen LogP contribution in [-0.4, -0.2) is 17.9 Å². The Bertz CT molecular complexity index is 1090. The van der Waals surface area contributed by atoms with E-state index in [0.29, 0.717) is 17.4 Å². The van der Waals surface area contributed by atoms with E-state index in [9.17, 15) is 4.79 Å². The average molecular weight is 547 g/mol. The van der Waals surface area contributed by atoms with Crippen molar-refractivity contribution in [1.82, 2.24) is 4.90 Å². The molecule has 0 radical (unpaired) electrons. The van der Waals surface area contributed by atoms with Gasteiger partial charge in [-0.1, -0.05) is 70.1 Å². The largest absolute Gasteiger partial charge is 0.396 e. The zero-order valence-corrected chi connectivity index (χ0v) is 22.0. The number of nitrogen functional groups attached to an aromatic ring is 1. The van der Waals surface area contributed by atoms with Crippen LogP contribution in [-0.2, 0) is 16.8 Å². The van der Waals surface area contributed by atoms with Crippen molar-refractivity contribution in [3.05, 3.63) is 60.5 Å². The molecular weight excluding hydrogens is 522 g/mol. The van der Waals surface area contributed by atoms with E-state index < -0.39 is 0 Å². The fraction of sp³-hybridized carbons (Fsp3) is 0.480. The van der Waals surface area contributed by atoms with E-state index in [1.54, 1.807) is 11.9 Å². The minimum Gasteiger partial charge on any atom is -0.396 e. The molecule has 4 bridgehead atoms. The molecule has 0 saturated heterocycles. The predicted octanol–water partition coefficient (Wildman–Crippen LogP) is 8.03. The van der Waals surface area contributed by atoms with Crippen molar-refractivity contribution in [2.24, 2.45) is 17.3 Å². The lowest BCUT2D eigenvalue weighted by atomic mass is 9.42. The predicted molar refractivity (Wildman–Crippen MR) is 138 cm³/mol. The molecule has 33 heavy (non-hydrogen) atoms. The van der Waals surface area contributed by atoms with Crippen LogP contribution in [0.4, 0.5) is 5.69 Å². The summed E-state index contributed by atoms with van der Waals surface area (Å²) in [6.07, 6.45) is 6.24. The third-order valence-electron chi connectivity index (χ3n) is 8.10. The van der Waals surface area contributed by atoms with Crippen molar-refractivity contribution < 1.29 is 4.79 Å². The van der Waals surface area contributed by atoms with Crippen LogP contribution in [0.15, 0.2) is 24.3 Å². The van der Waals surface area contributed by atoms with Gasteiger partial charge in [0.15, 0.2) is 0 Å². The zero-order valence-electron chi connectivity index (χ0n) is 18.2. The molecule has 2 aromatic rings. The number of carbonyl (C=O) groups is 1. The Kier molecular flexibility index (Phi) is 6.06. The molecule has 8 heteroatoms. The second-order valence-electron chi connectivity index (χ2n) is 10.3. The van der Waals surface area contributed by atoms with Crippen molar-refractivity contribution in [3.8, 4) is 0 Å². The number of nitrogens with zero attached hydrogens (tertiary/aromatic N) is 1. The monoisotopic (exact) mass is 544 g/mol. The number of rotatable bonds is 4. The number of hydrogen-bond acceptors (Lipinski definition) is 2. The fourth-order valence-electron chi connectivity index (χ4n) is 7.21. The molecule has 0 spiro atoms. The van der Waals surface area contributed by atoms with Gasteiger partial charge in [0.05, 0.1) is 31.2 Å². The summed E-state index contributed by atoms with van der Waals surface area (Å²) in [4.78, 5) is 15.8. The maximum absolute atomic E-state index is 14.0. The number of amides is 1. The molecule has 2 unspecified atom stereocenters. The highest BCUT2D eigenvalue weighted by Crippen LogP contribution is 2.66. The molecule has 0 aromatic heterocycles. The van der Waals surface area contributed by atoms with Crippen molar-refractivity contribution >= 4 is 69.6 Å². The van der Waals surface area contributed by atoms with Crippen molar-refractivity contribution in [2.75, 3.05) is 12.8 Å². The summed E-state index contributed by atoms with van der Waals surface area (Å²) < 4.78 is 0. The van der Waals surface area contributed by atoms with Crippen LogP contribution < -0.4 is 5.73 Å². The fourth-order valence-corrected chi connectivity index (χ4v) is 8.38. The first-order valence-electron chi connectivity index (χ1n) is 11.2. The summed E-state index contributed by atoms with van der Waals surface area (Å²) in [5.41, 5.74) is 7.70. The second-order valence-corrected chi connectivity index (χ2v) is 12.3. The molecule has 176 valence electrons. The molecule has 3 nitrogen and oxygen atoms in total. The number of nitrogens with two attached hydrogens (primary N) is 1. The second kappa shape index (κ2) is 8.38. The summed E-state index contributed by atoms with van der Waals surface area (Å²) in [7, 11) is 1.81. The van der Waals surface area contributed by atoms with Gasteiger partial charge in [0.2, 0.25) is 5.91 Å². The van der Waals surface area contributed by atoms with E-state index in [1.165, 1.54) is 12.0 Å². The summed E-state index contributed by atoms with van der Waals surface area (Å²) in [6.45, 7) is 0.225. The smallest absolute Gasteiger partial charge is 0.228 e. The quantitative estimate of drug-likeness (QED) is 0.240. The molecule has 4 aliphatic rings. The van der Waals surface area contributed by atoms with E-state index in [4.69, 9.17) is 63.7 Å². The van der Waals surface area contributed by atoms with Gasteiger partial charge in [0.1, 0.15) is 0 Å². The van der Waals surface area contributed by atoms with Gasteiger partial charge in [-0.2, -0.15) is 0 Å². The minimum atomic E-state index is -0.376. The molecule has 2 N–H and O–H groups in total. The Morgan fingerprint density at radius 1 is 0.939 bits per heavy atom. The third-order valence-corrected chi connectivity index (χ3v) is 10.2. The van der Waals surface area contributed by atoms with Crippen molar-refractivity contribution in [1.29, 1.82) is 0 Å². The first-order chi connectivity index (χ1) is 15.5. The van der Waals surface area contributed by atoms with E-state index in [0.717, 1.165) is 37.1 Å². The van der Waals surface area contributed by atoms with Gasteiger partial charge >= 0.3 is 0 Å². The maximum atomic E-state index is 14.0. The van der Waals surface area contributed by atoms with Gasteiger partial charge in [-0.3, -0.25) is 4.79 Å². The summed E-state index contributed by atoms with van der Waals surface area (Å²) in [5.74, 6) is 1.27. The summed E-state index contributed by atoms with van der Waals surface area (Å²) in [6, 6.07) is 8.23. The molecule has 1 amide bonds. The molecule has 2 atom stereocenters. The maximum Gasteiger partial charge on any atom is 0.228 e. The van der Waals surface area contributed by atoms with Crippen molar-refractivity contribution in [2.45, 2.75) is 50.5 Å². The molecular formula is C25H25Cl5N2O. The SMILES string of the molecule is CN(Cc1c(Cl)c(N)c(Cl)c(Cl)c1Cl)C(=O)C12CC3CC(C1)CC(c1ccc(Cl)cc1)(C3)C2. The number of hydrogen-bond donors (Lipinski definition) is 1. The van der Waals surface area contributed by atoms with Crippen LogP contribution >= 0.6 is 58.0 Å². The van der Waals surface area contributed by atoms with Gasteiger partial charge in [-0.15, -0.1) is 0 Å². The highest BCUT2D eigenvalue weighted by atomic mass is 35.5. The topological polar surface area (TPSA) is 46.3 Å². The molecule has 0 aliphatic heterocycles. The van der Waals surface area contributed by atoms with E-state index in [1.807, 2.05) is 12.1 Å². The average Bonchev–Trinajstić information content (AvgIpc) is 2.78. The Balaban J connectivity index is 1.46. The molecule has 2 aromatic carbocycles. The van der Waals surface area contributed by atoms with Crippen LogP contribution in [0.2, 0.25) is 25.1 Å². The van der Waals surface area contributed by atoms with Gasteiger partial charge in [-0.05, 0) is 73.5 Å². The van der Waals surface area contributed by atoms with E-state index >= 15 is 0 Å². The Hall–Kier alpha value is -0.840. The minimum absolute atomic E-state index is 0.0362. The molecule has 0 heterocycles. The van der Waals surface area contributed by atoms with E-state index in [-0.39, 0.29) is 49.1 Å². The van der Waals surface area contributed by atoms with Crippen LogP contribution in [0, 0.1) is 17.3 Å². The number of carbonyl (C=O) groups excluding carboxylic acids is 1. The van der Waals surface area contributed by atoms with E-state index in [2.05, 4.69) is 12.1 Å². The highest BCUT2D eigenvalue weighted by Gasteiger charge is 2.61. The lowest BCUT2D eigenvalue weighted by molar-refractivity contribution is -0.159. The van der Waals surface area contributed by atoms with Gasteiger partial charge in [0, 0.05) is 24.2 Å². The zero-order chi connectivity index (χ0) is 23.7. The Morgan fingerprint density at radius 3 is 2.15 bits per heavy atom. The number of benzene rings is 2. The highest BCUT2D eigenvalue weighted by molar-refractivity contribution is 6.51. The van der Waals surface area contributed by atoms with Gasteiger partial charge in [-0.25, -0.2) is 0 Å². The standard InChI is InChI=1S/C25H25Cl5N2O/c1-32(11-17-18(27)20(29)21(30)22(31)19(17)28)23(33)25-9-13-6-14(10-25)8-24(7-13,12-25)15-2-4-16(26)5-3-15/h2-5,13-14H,6-12,31H2,1H3. The van der Waals surface area contributed by atoms with Gasteiger partial charge in [0.25, 0.3) is 0 Å². The van der Waals surface area contributed by atoms with Crippen molar-refractivity contribution in [3.63, 3.8) is 0 Å². The number of halogens is 5. The molecule has 6 rings (SSSR count).